The highest BCUT2D eigenvalue weighted by molar-refractivity contribution is 6.31. The molecule has 0 aliphatic carbocycles. The van der Waals surface area contributed by atoms with Crippen LogP contribution in [0, 0.1) is 5.82 Å². The Balaban J connectivity index is 2.69. The summed E-state index contributed by atoms with van der Waals surface area (Å²) in [6.07, 6.45) is -0.410. The minimum absolute atomic E-state index is 0.00676. The SMILES string of the molecule is C[C@H](NC[C@@H](C)O)c1ccc(F)cc1Cl. The van der Waals surface area contributed by atoms with Gasteiger partial charge in [-0.3, -0.25) is 0 Å². The van der Waals surface area contributed by atoms with Crippen LogP contribution >= 0.6 is 11.6 Å². The van der Waals surface area contributed by atoms with E-state index in [4.69, 9.17) is 16.7 Å². The highest BCUT2D eigenvalue weighted by Gasteiger charge is 2.10. The van der Waals surface area contributed by atoms with Crippen molar-refractivity contribution in [3.05, 3.63) is 34.6 Å². The van der Waals surface area contributed by atoms with Crippen LogP contribution in [0.25, 0.3) is 0 Å². The van der Waals surface area contributed by atoms with Crippen LogP contribution in [-0.2, 0) is 0 Å². The molecule has 0 fully saturated rings. The summed E-state index contributed by atoms with van der Waals surface area (Å²) in [5, 5.41) is 12.6. The maximum atomic E-state index is 12.8. The lowest BCUT2D eigenvalue weighted by atomic mass is 10.1. The fraction of sp³-hybridized carbons (Fsp3) is 0.455. The van der Waals surface area contributed by atoms with Gasteiger partial charge in [-0.25, -0.2) is 4.39 Å². The minimum Gasteiger partial charge on any atom is -0.392 e. The van der Waals surface area contributed by atoms with Gasteiger partial charge in [0.2, 0.25) is 0 Å². The molecule has 0 aliphatic heterocycles. The lowest BCUT2D eigenvalue weighted by Crippen LogP contribution is -2.27. The molecule has 2 N–H and O–H groups in total. The normalized spacial score (nSPS) is 15.0. The van der Waals surface area contributed by atoms with E-state index in [1.54, 1.807) is 13.0 Å². The Morgan fingerprint density at radius 3 is 2.67 bits per heavy atom. The predicted molar refractivity (Wildman–Crippen MR) is 59.5 cm³/mol. The van der Waals surface area contributed by atoms with Gasteiger partial charge in [0.25, 0.3) is 0 Å². The Labute approximate surface area is 94.1 Å². The highest BCUT2D eigenvalue weighted by atomic mass is 35.5. The first-order valence-electron chi connectivity index (χ1n) is 4.87. The molecule has 1 aromatic rings. The molecule has 0 spiro atoms. The van der Waals surface area contributed by atoms with E-state index in [-0.39, 0.29) is 11.9 Å². The van der Waals surface area contributed by atoms with Crippen molar-refractivity contribution in [2.24, 2.45) is 0 Å². The average molecular weight is 232 g/mol. The monoisotopic (exact) mass is 231 g/mol. The molecule has 2 atom stereocenters. The van der Waals surface area contributed by atoms with Crippen molar-refractivity contribution in [2.45, 2.75) is 26.0 Å². The Hall–Kier alpha value is -0.640. The first-order chi connectivity index (χ1) is 7.00. The summed E-state index contributed by atoms with van der Waals surface area (Å²) in [6, 6.07) is 4.31. The van der Waals surface area contributed by atoms with Gasteiger partial charge in [-0.05, 0) is 31.5 Å². The number of benzene rings is 1. The van der Waals surface area contributed by atoms with E-state index < -0.39 is 6.10 Å². The Bertz CT molecular complexity index is 330. The van der Waals surface area contributed by atoms with Crippen molar-refractivity contribution in [3.63, 3.8) is 0 Å². The molecule has 0 heterocycles. The van der Waals surface area contributed by atoms with Gasteiger partial charge >= 0.3 is 0 Å². The first kappa shape index (κ1) is 12.4. The van der Waals surface area contributed by atoms with E-state index in [0.29, 0.717) is 11.6 Å². The number of aliphatic hydroxyl groups excluding tert-OH is 1. The average Bonchev–Trinajstić information content (AvgIpc) is 2.14. The molecule has 0 saturated carbocycles. The molecule has 1 aromatic carbocycles. The summed E-state index contributed by atoms with van der Waals surface area (Å²) in [7, 11) is 0. The Kier molecular flexibility index (Phi) is 4.51. The molecule has 0 amide bonds. The van der Waals surface area contributed by atoms with Gasteiger partial charge < -0.3 is 10.4 Å². The van der Waals surface area contributed by atoms with Gasteiger partial charge in [0, 0.05) is 17.6 Å². The van der Waals surface area contributed by atoms with E-state index in [1.165, 1.54) is 12.1 Å². The molecule has 2 nitrogen and oxygen atoms in total. The third kappa shape index (κ3) is 3.78. The molecule has 0 bridgehead atoms. The summed E-state index contributed by atoms with van der Waals surface area (Å²) < 4.78 is 12.8. The number of aliphatic hydroxyl groups is 1. The Morgan fingerprint density at radius 2 is 2.13 bits per heavy atom. The van der Waals surface area contributed by atoms with Gasteiger partial charge in [-0.1, -0.05) is 17.7 Å². The van der Waals surface area contributed by atoms with Crippen molar-refractivity contribution in [2.75, 3.05) is 6.54 Å². The maximum absolute atomic E-state index is 12.8. The number of nitrogens with one attached hydrogen (secondary N) is 1. The summed E-state index contributed by atoms with van der Waals surface area (Å²) in [5.41, 5.74) is 0.832. The second kappa shape index (κ2) is 5.45. The summed E-state index contributed by atoms with van der Waals surface area (Å²) >= 11 is 5.90. The standard InChI is InChI=1S/C11H15ClFNO/c1-7(15)6-14-8(2)10-4-3-9(13)5-11(10)12/h3-5,7-8,14-15H,6H2,1-2H3/t7-,8+/m1/s1. The van der Waals surface area contributed by atoms with Crippen LogP contribution in [0.3, 0.4) is 0 Å². The lowest BCUT2D eigenvalue weighted by Gasteiger charge is -2.16. The van der Waals surface area contributed by atoms with E-state index in [2.05, 4.69) is 5.32 Å². The van der Waals surface area contributed by atoms with Crippen molar-refractivity contribution < 1.29 is 9.50 Å². The molecule has 15 heavy (non-hydrogen) atoms. The molecular formula is C11H15ClFNO. The zero-order chi connectivity index (χ0) is 11.4. The number of halogens is 2. The first-order valence-corrected chi connectivity index (χ1v) is 5.25. The quantitative estimate of drug-likeness (QED) is 0.835. The number of hydrogen-bond acceptors (Lipinski definition) is 2. The molecule has 0 aliphatic rings. The summed E-state index contributed by atoms with van der Waals surface area (Å²) in [4.78, 5) is 0. The largest absolute Gasteiger partial charge is 0.392 e. The van der Waals surface area contributed by atoms with Gasteiger partial charge in [0.1, 0.15) is 5.82 Å². The fourth-order valence-electron chi connectivity index (χ4n) is 1.31. The van der Waals surface area contributed by atoms with Crippen LogP contribution in [-0.4, -0.2) is 17.8 Å². The topological polar surface area (TPSA) is 32.3 Å². The third-order valence-electron chi connectivity index (χ3n) is 2.15. The minimum atomic E-state index is -0.410. The predicted octanol–water partition coefficient (Wildman–Crippen LogP) is 2.51. The van der Waals surface area contributed by atoms with Crippen LogP contribution in [0.5, 0.6) is 0 Å². The van der Waals surface area contributed by atoms with Crippen LogP contribution in [0.2, 0.25) is 5.02 Å². The molecule has 0 radical (unpaired) electrons. The van der Waals surface area contributed by atoms with Crippen molar-refractivity contribution in [3.8, 4) is 0 Å². The van der Waals surface area contributed by atoms with Crippen LogP contribution in [0.1, 0.15) is 25.5 Å². The molecule has 4 heteroatoms. The van der Waals surface area contributed by atoms with Gasteiger partial charge in [0.15, 0.2) is 0 Å². The van der Waals surface area contributed by atoms with E-state index >= 15 is 0 Å². The summed E-state index contributed by atoms with van der Waals surface area (Å²) in [6.45, 7) is 4.10. The third-order valence-corrected chi connectivity index (χ3v) is 2.48. The fourth-order valence-corrected chi connectivity index (χ4v) is 1.64. The summed E-state index contributed by atoms with van der Waals surface area (Å²) in [5.74, 6) is -0.341. The zero-order valence-electron chi connectivity index (χ0n) is 8.80. The molecular weight excluding hydrogens is 217 g/mol. The number of rotatable bonds is 4. The van der Waals surface area contributed by atoms with E-state index in [0.717, 1.165) is 5.56 Å². The molecule has 0 unspecified atom stereocenters. The van der Waals surface area contributed by atoms with Gasteiger partial charge in [0.05, 0.1) is 6.10 Å². The van der Waals surface area contributed by atoms with Crippen LogP contribution < -0.4 is 5.32 Å². The van der Waals surface area contributed by atoms with E-state index in [1.807, 2.05) is 6.92 Å². The van der Waals surface area contributed by atoms with Crippen LogP contribution in [0.4, 0.5) is 4.39 Å². The second-order valence-electron chi connectivity index (χ2n) is 3.64. The lowest BCUT2D eigenvalue weighted by molar-refractivity contribution is 0.187. The maximum Gasteiger partial charge on any atom is 0.124 e. The number of hydrogen-bond donors (Lipinski definition) is 2. The van der Waals surface area contributed by atoms with Crippen LogP contribution in [0.15, 0.2) is 18.2 Å². The highest BCUT2D eigenvalue weighted by Crippen LogP contribution is 2.23. The molecule has 0 saturated heterocycles. The van der Waals surface area contributed by atoms with Gasteiger partial charge in [-0.15, -0.1) is 0 Å². The second-order valence-corrected chi connectivity index (χ2v) is 4.05. The molecule has 1 rings (SSSR count). The Morgan fingerprint density at radius 1 is 1.47 bits per heavy atom. The van der Waals surface area contributed by atoms with Crippen molar-refractivity contribution >= 4 is 11.6 Å². The zero-order valence-corrected chi connectivity index (χ0v) is 9.55. The van der Waals surface area contributed by atoms with E-state index in [9.17, 15) is 4.39 Å². The van der Waals surface area contributed by atoms with Crippen molar-refractivity contribution in [1.82, 2.24) is 5.32 Å². The van der Waals surface area contributed by atoms with Gasteiger partial charge in [-0.2, -0.15) is 0 Å². The molecule has 84 valence electrons. The smallest absolute Gasteiger partial charge is 0.124 e. The van der Waals surface area contributed by atoms with Crippen molar-refractivity contribution in [1.29, 1.82) is 0 Å². The molecule has 0 aromatic heterocycles.